The Labute approximate surface area is 206 Å². The first-order chi connectivity index (χ1) is 16.9. The van der Waals surface area contributed by atoms with Crippen molar-refractivity contribution in [3.63, 3.8) is 0 Å². The Hall–Kier alpha value is -3.45. The molecule has 0 spiro atoms. The minimum Gasteiger partial charge on any atom is -0.497 e. The molecule has 0 atom stereocenters. The number of benzene rings is 2. The zero-order valence-corrected chi connectivity index (χ0v) is 20.7. The van der Waals surface area contributed by atoms with Crippen LogP contribution in [0.3, 0.4) is 0 Å². The molecule has 2 N–H and O–H groups in total. The SMILES string of the molecule is COc1ccc(C(=O)c2cc(NCC(=O)NCC3CCN(C(C)C)CC3)c3ccccc3n2)cc1. The summed E-state index contributed by atoms with van der Waals surface area (Å²) in [5.41, 5.74) is 2.27. The summed E-state index contributed by atoms with van der Waals surface area (Å²) in [5, 5.41) is 7.17. The van der Waals surface area contributed by atoms with Crippen LogP contribution in [0.1, 0.15) is 42.7 Å². The number of ketones is 1. The van der Waals surface area contributed by atoms with Crippen LogP contribution in [-0.4, -0.2) is 60.9 Å². The largest absolute Gasteiger partial charge is 0.497 e. The maximum atomic E-state index is 13.1. The van der Waals surface area contributed by atoms with Crippen LogP contribution in [0.2, 0.25) is 0 Å². The number of pyridine rings is 1. The number of hydrogen-bond acceptors (Lipinski definition) is 6. The number of likely N-dealkylation sites (tertiary alicyclic amines) is 1. The zero-order valence-electron chi connectivity index (χ0n) is 20.7. The lowest BCUT2D eigenvalue weighted by atomic mass is 9.96. The van der Waals surface area contributed by atoms with Crippen LogP contribution in [-0.2, 0) is 4.79 Å². The number of ether oxygens (including phenoxy) is 1. The summed E-state index contributed by atoms with van der Waals surface area (Å²) in [7, 11) is 1.59. The van der Waals surface area contributed by atoms with E-state index in [4.69, 9.17) is 4.74 Å². The molecule has 35 heavy (non-hydrogen) atoms. The number of nitrogens with one attached hydrogen (secondary N) is 2. The lowest BCUT2D eigenvalue weighted by Crippen LogP contribution is -2.42. The molecule has 3 aromatic rings. The molecule has 1 aliphatic heterocycles. The van der Waals surface area contributed by atoms with Crippen LogP contribution in [0.4, 0.5) is 5.69 Å². The van der Waals surface area contributed by atoms with Gasteiger partial charge >= 0.3 is 0 Å². The van der Waals surface area contributed by atoms with Gasteiger partial charge < -0.3 is 20.3 Å². The number of fused-ring (bicyclic) bond motifs is 1. The highest BCUT2D eigenvalue weighted by atomic mass is 16.5. The monoisotopic (exact) mass is 474 g/mol. The van der Waals surface area contributed by atoms with E-state index in [0.29, 0.717) is 46.7 Å². The number of piperidine rings is 1. The molecule has 1 amide bonds. The lowest BCUT2D eigenvalue weighted by Gasteiger charge is -2.34. The number of carbonyl (C=O) groups excluding carboxylic acids is 2. The van der Waals surface area contributed by atoms with E-state index in [9.17, 15) is 9.59 Å². The minimum absolute atomic E-state index is 0.0554. The third-order valence-corrected chi connectivity index (χ3v) is 6.71. The lowest BCUT2D eigenvalue weighted by molar-refractivity contribution is -0.119. The highest BCUT2D eigenvalue weighted by Gasteiger charge is 2.21. The van der Waals surface area contributed by atoms with E-state index >= 15 is 0 Å². The number of carbonyl (C=O) groups is 2. The molecule has 0 saturated carbocycles. The van der Waals surface area contributed by atoms with Gasteiger partial charge in [0.25, 0.3) is 0 Å². The minimum atomic E-state index is -0.182. The molecule has 7 nitrogen and oxygen atoms in total. The second-order valence-corrected chi connectivity index (χ2v) is 9.36. The first-order valence-corrected chi connectivity index (χ1v) is 12.3. The molecular formula is C28H34N4O3. The number of methoxy groups -OCH3 is 1. The topological polar surface area (TPSA) is 83.6 Å². The summed E-state index contributed by atoms with van der Waals surface area (Å²) in [6, 6.07) is 16.9. The van der Waals surface area contributed by atoms with Gasteiger partial charge in [-0.1, -0.05) is 18.2 Å². The summed E-state index contributed by atoms with van der Waals surface area (Å²) in [6.07, 6.45) is 2.22. The summed E-state index contributed by atoms with van der Waals surface area (Å²) < 4.78 is 5.18. The van der Waals surface area contributed by atoms with Crippen LogP contribution in [0.25, 0.3) is 10.9 Å². The molecule has 1 aliphatic rings. The van der Waals surface area contributed by atoms with E-state index in [1.807, 2.05) is 24.3 Å². The molecule has 0 radical (unpaired) electrons. The fourth-order valence-corrected chi connectivity index (χ4v) is 4.50. The van der Waals surface area contributed by atoms with E-state index in [2.05, 4.69) is 34.4 Å². The Morgan fingerprint density at radius 2 is 1.80 bits per heavy atom. The van der Waals surface area contributed by atoms with Crippen molar-refractivity contribution in [1.29, 1.82) is 0 Å². The van der Waals surface area contributed by atoms with Gasteiger partial charge in [0.1, 0.15) is 11.4 Å². The van der Waals surface area contributed by atoms with Gasteiger partial charge in [-0.3, -0.25) is 9.59 Å². The molecule has 0 bridgehead atoms. The van der Waals surface area contributed by atoms with Crippen molar-refractivity contribution in [1.82, 2.24) is 15.2 Å². The van der Waals surface area contributed by atoms with E-state index in [0.717, 1.165) is 31.3 Å². The van der Waals surface area contributed by atoms with Gasteiger partial charge in [0.15, 0.2) is 0 Å². The fraction of sp³-hybridized carbons (Fsp3) is 0.393. The van der Waals surface area contributed by atoms with Crippen LogP contribution in [0.15, 0.2) is 54.6 Å². The number of anilines is 1. The average molecular weight is 475 g/mol. The van der Waals surface area contributed by atoms with E-state index in [1.54, 1.807) is 37.4 Å². The van der Waals surface area contributed by atoms with Crippen LogP contribution >= 0.6 is 0 Å². The van der Waals surface area contributed by atoms with Gasteiger partial charge in [0.2, 0.25) is 11.7 Å². The van der Waals surface area contributed by atoms with Gasteiger partial charge in [0.05, 0.1) is 19.2 Å². The van der Waals surface area contributed by atoms with Crippen molar-refractivity contribution in [3.8, 4) is 5.75 Å². The first kappa shape index (κ1) is 24.7. The van der Waals surface area contributed by atoms with Crippen molar-refractivity contribution in [3.05, 3.63) is 65.9 Å². The van der Waals surface area contributed by atoms with E-state index < -0.39 is 0 Å². The molecule has 1 fully saturated rings. The van der Waals surface area contributed by atoms with Gasteiger partial charge in [-0.05, 0) is 82.1 Å². The van der Waals surface area contributed by atoms with Crippen LogP contribution in [0, 0.1) is 5.92 Å². The Morgan fingerprint density at radius 3 is 2.49 bits per heavy atom. The third kappa shape index (κ3) is 6.17. The normalized spacial score (nSPS) is 14.7. The summed E-state index contributed by atoms with van der Waals surface area (Å²) >= 11 is 0. The van der Waals surface area contributed by atoms with E-state index in [1.165, 1.54) is 0 Å². The molecule has 184 valence electrons. The second kappa shape index (κ2) is 11.3. The Morgan fingerprint density at radius 1 is 1.09 bits per heavy atom. The number of nitrogens with zero attached hydrogens (tertiary/aromatic N) is 2. The van der Waals surface area contributed by atoms with Crippen molar-refractivity contribution in [2.75, 3.05) is 38.6 Å². The summed E-state index contributed by atoms with van der Waals surface area (Å²) in [6.45, 7) is 7.47. The highest BCUT2D eigenvalue weighted by Crippen LogP contribution is 2.25. The first-order valence-electron chi connectivity index (χ1n) is 12.3. The molecule has 7 heteroatoms. The van der Waals surface area contributed by atoms with Crippen LogP contribution < -0.4 is 15.4 Å². The van der Waals surface area contributed by atoms with Crippen molar-refractivity contribution in [2.24, 2.45) is 5.92 Å². The standard InChI is InChI=1S/C28H34N4O3/c1-19(2)32-14-12-20(13-15-32)17-30-27(33)18-29-25-16-26(31-24-7-5-4-6-23(24)25)28(34)21-8-10-22(35-3)11-9-21/h4-11,16,19-20H,12-15,17-18H2,1-3H3,(H,29,31)(H,30,33). The quantitative estimate of drug-likeness (QED) is 0.454. The molecule has 1 saturated heterocycles. The van der Waals surface area contributed by atoms with Gasteiger partial charge in [0, 0.05) is 29.2 Å². The third-order valence-electron chi connectivity index (χ3n) is 6.71. The zero-order chi connectivity index (χ0) is 24.8. The Bertz CT molecular complexity index is 1170. The van der Waals surface area contributed by atoms with Gasteiger partial charge in [-0.2, -0.15) is 0 Å². The molecule has 0 unspecified atom stereocenters. The second-order valence-electron chi connectivity index (χ2n) is 9.36. The summed E-state index contributed by atoms with van der Waals surface area (Å²) in [4.78, 5) is 32.8. The molecule has 2 aromatic carbocycles. The maximum absolute atomic E-state index is 13.1. The van der Waals surface area contributed by atoms with Crippen molar-refractivity contribution < 1.29 is 14.3 Å². The number of para-hydroxylation sites is 1. The Balaban J connectivity index is 1.41. The molecular weight excluding hydrogens is 440 g/mol. The highest BCUT2D eigenvalue weighted by molar-refractivity contribution is 6.10. The summed E-state index contributed by atoms with van der Waals surface area (Å²) in [5.74, 6) is 0.968. The maximum Gasteiger partial charge on any atom is 0.239 e. The number of rotatable bonds is 9. The predicted molar refractivity (Wildman–Crippen MR) is 139 cm³/mol. The van der Waals surface area contributed by atoms with Crippen LogP contribution in [0.5, 0.6) is 5.75 Å². The smallest absolute Gasteiger partial charge is 0.239 e. The van der Waals surface area contributed by atoms with Crippen molar-refractivity contribution >= 4 is 28.3 Å². The number of aromatic nitrogens is 1. The Kier molecular flexibility index (Phi) is 7.98. The predicted octanol–water partition coefficient (Wildman–Crippen LogP) is 4.12. The van der Waals surface area contributed by atoms with Gasteiger partial charge in [-0.25, -0.2) is 4.98 Å². The van der Waals surface area contributed by atoms with E-state index in [-0.39, 0.29) is 18.2 Å². The molecule has 4 rings (SSSR count). The molecule has 1 aromatic heterocycles. The fourth-order valence-electron chi connectivity index (χ4n) is 4.50. The molecule has 0 aliphatic carbocycles. The average Bonchev–Trinajstić information content (AvgIpc) is 2.90. The molecule has 2 heterocycles. The van der Waals surface area contributed by atoms with Gasteiger partial charge in [-0.15, -0.1) is 0 Å². The number of amides is 1. The number of hydrogen-bond donors (Lipinski definition) is 2. The van der Waals surface area contributed by atoms with Crippen molar-refractivity contribution in [2.45, 2.75) is 32.7 Å².